The lowest BCUT2D eigenvalue weighted by Crippen LogP contribution is -2.16. The standard InChI is InChI=1S/C27H25FN4O3/c1-17-15-31(16-29-17)22-11-6-18(14-23(22)34-2)13-20-5-4-12-32-25(27(33)35-3)24(30-26(20)32)19-7-9-21(28)10-8-19/h6-11,13-16H,4-5,12H2,1-3H3/b20-13+. The Morgan fingerprint density at radius 2 is 1.94 bits per heavy atom. The van der Waals surface area contributed by atoms with Gasteiger partial charge in [-0.15, -0.1) is 0 Å². The van der Waals surface area contributed by atoms with E-state index in [0.29, 0.717) is 29.3 Å². The first-order valence-electron chi connectivity index (χ1n) is 11.3. The molecule has 5 rings (SSSR count). The number of esters is 1. The number of carbonyl (C=O) groups is 1. The molecule has 2 aromatic heterocycles. The van der Waals surface area contributed by atoms with Crippen molar-refractivity contribution < 1.29 is 18.7 Å². The largest absolute Gasteiger partial charge is 0.495 e. The molecule has 0 saturated carbocycles. The number of hydrogen-bond acceptors (Lipinski definition) is 5. The number of imidazole rings is 2. The average molecular weight is 473 g/mol. The van der Waals surface area contributed by atoms with Crippen LogP contribution >= 0.6 is 0 Å². The Morgan fingerprint density at radius 3 is 2.63 bits per heavy atom. The van der Waals surface area contributed by atoms with Crippen molar-refractivity contribution in [1.82, 2.24) is 19.1 Å². The molecule has 3 heterocycles. The summed E-state index contributed by atoms with van der Waals surface area (Å²) in [6.45, 7) is 2.59. The fraction of sp³-hybridized carbons (Fsp3) is 0.222. The van der Waals surface area contributed by atoms with Gasteiger partial charge in [0.25, 0.3) is 0 Å². The molecule has 1 aliphatic rings. The van der Waals surface area contributed by atoms with Crippen molar-refractivity contribution in [2.75, 3.05) is 14.2 Å². The van der Waals surface area contributed by atoms with Crippen molar-refractivity contribution in [1.29, 1.82) is 0 Å². The molecule has 0 bridgehead atoms. The summed E-state index contributed by atoms with van der Waals surface area (Å²) in [6, 6.07) is 12.0. The van der Waals surface area contributed by atoms with E-state index in [1.807, 2.05) is 40.5 Å². The lowest BCUT2D eigenvalue weighted by Gasteiger charge is -2.19. The van der Waals surface area contributed by atoms with Crippen LogP contribution in [-0.4, -0.2) is 39.3 Å². The Morgan fingerprint density at radius 1 is 1.14 bits per heavy atom. The Bertz CT molecular complexity index is 1430. The monoisotopic (exact) mass is 472 g/mol. The van der Waals surface area contributed by atoms with Gasteiger partial charge in [0.15, 0.2) is 5.69 Å². The minimum Gasteiger partial charge on any atom is -0.495 e. The summed E-state index contributed by atoms with van der Waals surface area (Å²) in [6.07, 6.45) is 7.43. The number of halogens is 1. The van der Waals surface area contributed by atoms with E-state index >= 15 is 0 Å². The predicted octanol–water partition coefficient (Wildman–Crippen LogP) is 5.31. The van der Waals surface area contributed by atoms with Crippen molar-refractivity contribution in [2.45, 2.75) is 26.3 Å². The minimum absolute atomic E-state index is 0.346. The van der Waals surface area contributed by atoms with Crippen molar-refractivity contribution in [3.05, 3.63) is 83.6 Å². The number of allylic oxidation sites excluding steroid dienone is 1. The van der Waals surface area contributed by atoms with E-state index in [-0.39, 0.29) is 5.82 Å². The Hall–Kier alpha value is -4.20. The number of fused-ring (bicyclic) bond motifs is 1. The van der Waals surface area contributed by atoms with Crippen LogP contribution in [0.25, 0.3) is 28.6 Å². The molecule has 0 aliphatic carbocycles. The number of methoxy groups -OCH3 is 2. The fourth-order valence-corrected chi connectivity index (χ4v) is 4.46. The van der Waals surface area contributed by atoms with Crippen LogP contribution < -0.4 is 4.74 Å². The molecule has 0 N–H and O–H groups in total. The fourth-order valence-electron chi connectivity index (χ4n) is 4.46. The second-order valence-corrected chi connectivity index (χ2v) is 8.41. The van der Waals surface area contributed by atoms with Gasteiger partial charge in [0, 0.05) is 18.3 Å². The van der Waals surface area contributed by atoms with Gasteiger partial charge in [0.2, 0.25) is 0 Å². The number of nitrogens with zero attached hydrogens (tertiary/aromatic N) is 4. The Labute approximate surface area is 202 Å². The smallest absolute Gasteiger partial charge is 0.357 e. The first-order valence-corrected chi connectivity index (χ1v) is 11.3. The summed E-state index contributed by atoms with van der Waals surface area (Å²) in [5.41, 5.74) is 5.30. The van der Waals surface area contributed by atoms with E-state index < -0.39 is 5.97 Å². The first-order chi connectivity index (χ1) is 17.0. The van der Waals surface area contributed by atoms with Gasteiger partial charge in [-0.2, -0.15) is 0 Å². The first kappa shape index (κ1) is 22.6. The molecular formula is C27H25FN4O3. The van der Waals surface area contributed by atoms with Crippen LogP contribution in [0.3, 0.4) is 0 Å². The highest BCUT2D eigenvalue weighted by Gasteiger charge is 2.28. The molecule has 0 saturated heterocycles. The summed E-state index contributed by atoms with van der Waals surface area (Å²) in [5.74, 6) is 0.620. The summed E-state index contributed by atoms with van der Waals surface area (Å²) in [7, 11) is 3.00. The van der Waals surface area contributed by atoms with Gasteiger partial charge < -0.3 is 18.6 Å². The number of aryl methyl sites for hydroxylation is 1. The maximum Gasteiger partial charge on any atom is 0.357 e. The third kappa shape index (κ3) is 4.23. The second-order valence-electron chi connectivity index (χ2n) is 8.41. The molecule has 0 fully saturated rings. The van der Waals surface area contributed by atoms with Crippen LogP contribution in [0.1, 0.15) is 40.4 Å². The number of carbonyl (C=O) groups excluding carboxylic acids is 1. The van der Waals surface area contributed by atoms with E-state index in [0.717, 1.165) is 41.1 Å². The van der Waals surface area contributed by atoms with Crippen LogP contribution in [0.4, 0.5) is 4.39 Å². The van der Waals surface area contributed by atoms with Crippen molar-refractivity contribution >= 4 is 17.6 Å². The van der Waals surface area contributed by atoms with E-state index in [1.165, 1.54) is 19.2 Å². The van der Waals surface area contributed by atoms with Gasteiger partial charge >= 0.3 is 5.97 Å². The minimum atomic E-state index is -0.467. The zero-order chi connectivity index (χ0) is 24.5. The van der Waals surface area contributed by atoms with Crippen molar-refractivity contribution in [2.24, 2.45) is 0 Å². The molecule has 0 radical (unpaired) electrons. The number of aromatic nitrogens is 4. The number of hydrogen-bond donors (Lipinski definition) is 0. The van der Waals surface area contributed by atoms with E-state index in [2.05, 4.69) is 11.1 Å². The topological polar surface area (TPSA) is 71.2 Å². The Kier molecular flexibility index (Phi) is 5.94. The van der Waals surface area contributed by atoms with Crippen LogP contribution in [0.2, 0.25) is 0 Å². The molecule has 7 nitrogen and oxygen atoms in total. The summed E-state index contributed by atoms with van der Waals surface area (Å²) in [4.78, 5) is 21.9. The Balaban J connectivity index is 1.59. The third-order valence-electron chi connectivity index (χ3n) is 6.11. The van der Waals surface area contributed by atoms with Gasteiger partial charge in [-0.25, -0.2) is 19.2 Å². The zero-order valence-electron chi connectivity index (χ0n) is 19.8. The van der Waals surface area contributed by atoms with Crippen LogP contribution in [0, 0.1) is 12.7 Å². The zero-order valence-corrected chi connectivity index (χ0v) is 19.8. The number of rotatable bonds is 5. The normalized spacial score (nSPS) is 14.1. The summed E-state index contributed by atoms with van der Waals surface area (Å²) >= 11 is 0. The van der Waals surface area contributed by atoms with E-state index in [1.54, 1.807) is 25.6 Å². The number of ether oxygens (including phenoxy) is 2. The van der Waals surface area contributed by atoms with Crippen LogP contribution in [0.15, 0.2) is 55.0 Å². The van der Waals surface area contributed by atoms with Gasteiger partial charge in [0.1, 0.15) is 23.1 Å². The van der Waals surface area contributed by atoms with Crippen LogP contribution in [0.5, 0.6) is 5.75 Å². The van der Waals surface area contributed by atoms with Crippen molar-refractivity contribution in [3.8, 4) is 22.7 Å². The molecule has 0 spiro atoms. The maximum absolute atomic E-state index is 13.5. The second kappa shape index (κ2) is 9.21. The molecule has 0 unspecified atom stereocenters. The molecule has 0 atom stereocenters. The lowest BCUT2D eigenvalue weighted by molar-refractivity contribution is 0.0589. The predicted molar refractivity (Wildman–Crippen MR) is 131 cm³/mol. The van der Waals surface area contributed by atoms with Gasteiger partial charge in [-0.05, 0) is 73.4 Å². The number of benzene rings is 2. The summed E-state index contributed by atoms with van der Waals surface area (Å²) < 4.78 is 28.1. The maximum atomic E-state index is 13.5. The molecule has 4 aromatic rings. The highest BCUT2D eigenvalue weighted by Crippen LogP contribution is 2.35. The summed E-state index contributed by atoms with van der Waals surface area (Å²) in [5, 5.41) is 0. The molecule has 8 heteroatoms. The molecule has 0 amide bonds. The highest BCUT2D eigenvalue weighted by atomic mass is 19.1. The average Bonchev–Trinajstić information content (AvgIpc) is 3.48. The van der Waals surface area contributed by atoms with Crippen molar-refractivity contribution in [3.63, 3.8) is 0 Å². The van der Waals surface area contributed by atoms with E-state index in [9.17, 15) is 9.18 Å². The van der Waals surface area contributed by atoms with E-state index in [4.69, 9.17) is 14.5 Å². The van der Waals surface area contributed by atoms with Gasteiger partial charge in [-0.3, -0.25) is 0 Å². The molecular weight excluding hydrogens is 447 g/mol. The molecule has 178 valence electrons. The van der Waals surface area contributed by atoms with Gasteiger partial charge in [0.05, 0.1) is 31.9 Å². The quantitative estimate of drug-likeness (QED) is 0.368. The van der Waals surface area contributed by atoms with Crippen LogP contribution in [-0.2, 0) is 11.3 Å². The van der Waals surface area contributed by atoms with Gasteiger partial charge in [-0.1, -0.05) is 6.07 Å². The molecule has 35 heavy (non-hydrogen) atoms. The molecule has 2 aromatic carbocycles. The highest BCUT2D eigenvalue weighted by molar-refractivity contribution is 5.96. The molecule has 1 aliphatic heterocycles. The lowest BCUT2D eigenvalue weighted by atomic mass is 10.0. The third-order valence-corrected chi connectivity index (χ3v) is 6.11. The SMILES string of the molecule is COC(=O)c1c(-c2ccc(F)cc2)nc2n1CCC/C2=C\c1ccc(-n2cnc(C)c2)c(OC)c1.